The molecule has 1 fully saturated rings. The lowest BCUT2D eigenvalue weighted by molar-refractivity contribution is -0.132. The average molecular weight is 347 g/mol. The molecular formula is C15H20Cl2N2O3. The predicted octanol–water partition coefficient (Wildman–Crippen LogP) is 2.34. The summed E-state index contributed by atoms with van der Waals surface area (Å²) in [4.78, 5) is 13.9. The van der Waals surface area contributed by atoms with Gasteiger partial charge in [-0.15, -0.1) is 0 Å². The number of halogens is 2. The standard InChI is InChI=1S/C15H20Cl2N2O3/c1-21-12(8-18)7-15(20)19-5-4-11(9-19)22-10-2-3-13(16)14(17)6-10/h2-3,6,11-12H,4-5,7-9,18H2,1H3. The predicted molar refractivity (Wildman–Crippen MR) is 86.5 cm³/mol. The highest BCUT2D eigenvalue weighted by atomic mass is 35.5. The summed E-state index contributed by atoms with van der Waals surface area (Å²) in [6.07, 6.45) is 0.807. The van der Waals surface area contributed by atoms with E-state index in [-0.39, 0.29) is 18.1 Å². The third-order valence-electron chi connectivity index (χ3n) is 3.69. The van der Waals surface area contributed by atoms with Crippen LogP contribution in [-0.4, -0.2) is 49.8 Å². The second kappa shape index (κ2) is 8.02. The molecule has 1 aliphatic heterocycles. The molecule has 2 rings (SSSR count). The molecule has 1 amide bonds. The molecule has 0 aliphatic carbocycles. The number of methoxy groups -OCH3 is 1. The van der Waals surface area contributed by atoms with Crippen molar-refractivity contribution in [2.75, 3.05) is 26.7 Å². The first-order valence-corrected chi connectivity index (χ1v) is 7.91. The van der Waals surface area contributed by atoms with E-state index in [9.17, 15) is 4.79 Å². The summed E-state index contributed by atoms with van der Waals surface area (Å²) in [7, 11) is 1.56. The summed E-state index contributed by atoms with van der Waals surface area (Å²) >= 11 is 11.8. The fraction of sp³-hybridized carbons (Fsp3) is 0.533. The first kappa shape index (κ1) is 17.3. The smallest absolute Gasteiger partial charge is 0.225 e. The zero-order valence-corrected chi connectivity index (χ0v) is 13.9. The first-order valence-electron chi connectivity index (χ1n) is 7.15. The van der Waals surface area contributed by atoms with Crippen LogP contribution in [0.1, 0.15) is 12.8 Å². The van der Waals surface area contributed by atoms with Crippen LogP contribution in [0.4, 0.5) is 0 Å². The number of nitrogens with zero attached hydrogens (tertiary/aromatic N) is 1. The molecule has 7 heteroatoms. The lowest BCUT2D eigenvalue weighted by Crippen LogP contribution is -2.35. The Morgan fingerprint density at radius 3 is 2.86 bits per heavy atom. The Balaban J connectivity index is 1.87. The molecule has 2 atom stereocenters. The summed E-state index contributed by atoms with van der Waals surface area (Å²) in [6, 6.07) is 5.15. The van der Waals surface area contributed by atoms with Crippen molar-refractivity contribution in [3.05, 3.63) is 28.2 Å². The van der Waals surface area contributed by atoms with Crippen molar-refractivity contribution in [1.82, 2.24) is 4.90 Å². The minimum absolute atomic E-state index is 0.0394. The van der Waals surface area contributed by atoms with E-state index in [0.29, 0.717) is 41.8 Å². The summed E-state index contributed by atoms with van der Waals surface area (Å²) in [5.74, 6) is 0.697. The topological polar surface area (TPSA) is 64.8 Å². The number of rotatable bonds is 6. The summed E-state index contributed by atoms with van der Waals surface area (Å²) in [5.41, 5.74) is 5.54. The van der Waals surface area contributed by atoms with Crippen LogP contribution in [0.2, 0.25) is 10.0 Å². The molecule has 0 saturated carbocycles. The molecule has 22 heavy (non-hydrogen) atoms. The number of likely N-dealkylation sites (tertiary alicyclic amines) is 1. The van der Waals surface area contributed by atoms with Crippen LogP contribution in [0.3, 0.4) is 0 Å². The molecule has 0 spiro atoms. The van der Waals surface area contributed by atoms with Gasteiger partial charge in [-0.25, -0.2) is 0 Å². The molecular weight excluding hydrogens is 327 g/mol. The molecule has 1 aliphatic rings. The van der Waals surface area contributed by atoms with Gasteiger partial charge in [0.15, 0.2) is 0 Å². The fourth-order valence-corrected chi connectivity index (χ4v) is 2.67. The Kier molecular flexibility index (Phi) is 6.32. The van der Waals surface area contributed by atoms with Crippen LogP contribution in [0.15, 0.2) is 18.2 Å². The number of amides is 1. The monoisotopic (exact) mass is 346 g/mol. The molecule has 1 heterocycles. The van der Waals surface area contributed by atoms with Crippen molar-refractivity contribution < 1.29 is 14.3 Å². The summed E-state index contributed by atoms with van der Waals surface area (Å²) in [5, 5.41) is 0.945. The Morgan fingerprint density at radius 2 is 2.23 bits per heavy atom. The van der Waals surface area contributed by atoms with E-state index in [2.05, 4.69) is 0 Å². The van der Waals surface area contributed by atoms with Gasteiger partial charge < -0.3 is 20.1 Å². The molecule has 0 bridgehead atoms. The minimum Gasteiger partial charge on any atom is -0.488 e. The first-order chi connectivity index (χ1) is 10.5. The van der Waals surface area contributed by atoms with E-state index in [1.807, 2.05) is 0 Å². The number of benzene rings is 1. The van der Waals surface area contributed by atoms with Gasteiger partial charge in [0, 0.05) is 32.7 Å². The normalized spacial score (nSPS) is 19.3. The van der Waals surface area contributed by atoms with Crippen molar-refractivity contribution in [2.24, 2.45) is 5.73 Å². The molecule has 0 aromatic heterocycles. The maximum absolute atomic E-state index is 12.2. The van der Waals surface area contributed by atoms with Crippen LogP contribution in [0.5, 0.6) is 5.75 Å². The van der Waals surface area contributed by atoms with Gasteiger partial charge in [-0.05, 0) is 12.1 Å². The number of nitrogens with two attached hydrogens (primary N) is 1. The minimum atomic E-state index is -0.234. The lowest BCUT2D eigenvalue weighted by Gasteiger charge is -2.20. The molecule has 1 aromatic carbocycles. The highest BCUT2D eigenvalue weighted by Gasteiger charge is 2.28. The van der Waals surface area contributed by atoms with Crippen molar-refractivity contribution in [3.63, 3.8) is 0 Å². The highest BCUT2D eigenvalue weighted by molar-refractivity contribution is 6.42. The Hall–Kier alpha value is -1.01. The average Bonchev–Trinajstić information content (AvgIpc) is 2.97. The Labute approximate surface area is 140 Å². The van der Waals surface area contributed by atoms with Crippen molar-refractivity contribution in [3.8, 4) is 5.75 Å². The number of hydrogen-bond acceptors (Lipinski definition) is 4. The largest absolute Gasteiger partial charge is 0.488 e. The van der Waals surface area contributed by atoms with Crippen molar-refractivity contribution in [2.45, 2.75) is 25.0 Å². The maximum atomic E-state index is 12.2. The van der Waals surface area contributed by atoms with Crippen LogP contribution in [0.25, 0.3) is 0 Å². The molecule has 1 saturated heterocycles. The molecule has 2 unspecified atom stereocenters. The van der Waals surface area contributed by atoms with E-state index in [1.54, 1.807) is 30.2 Å². The van der Waals surface area contributed by atoms with Gasteiger partial charge in [-0.1, -0.05) is 23.2 Å². The highest BCUT2D eigenvalue weighted by Crippen LogP contribution is 2.28. The van der Waals surface area contributed by atoms with Crippen molar-refractivity contribution >= 4 is 29.1 Å². The molecule has 5 nitrogen and oxygen atoms in total. The summed E-state index contributed by atoms with van der Waals surface area (Å²) < 4.78 is 11.0. The molecule has 122 valence electrons. The SMILES string of the molecule is COC(CN)CC(=O)N1CCC(Oc2ccc(Cl)c(Cl)c2)C1. The van der Waals surface area contributed by atoms with E-state index in [4.69, 9.17) is 38.4 Å². The van der Waals surface area contributed by atoms with Gasteiger partial charge in [-0.2, -0.15) is 0 Å². The fourth-order valence-electron chi connectivity index (χ4n) is 2.38. The second-order valence-corrected chi connectivity index (χ2v) is 6.06. The van der Waals surface area contributed by atoms with Gasteiger partial charge in [0.05, 0.1) is 29.1 Å². The Bertz CT molecular complexity index is 524. The quantitative estimate of drug-likeness (QED) is 0.858. The van der Waals surface area contributed by atoms with Crippen LogP contribution in [0, 0.1) is 0 Å². The molecule has 2 N–H and O–H groups in total. The van der Waals surface area contributed by atoms with Gasteiger partial charge in [-0.3, -0.25) is 4.79 Å². The number of carbonyl (C=O) groups excluding carboxylic acids is 1. The summed E-state index contributed by atoms with van der Waals surface area (Å²) in [6.45, 7) is 1.56. The van der Waals surface area contributed by atoms with Gasteiger partial charge in [0.1, 0.15) is 11.9 Å². The van der Waals surface area contributed by atoms with Crippen LogP contribution >= 0.6 is 23.2 Å². The lowest BCUT2D eigenvalue weighted by atomic mass is 10.2. The zero-order chi connectivity index (χ0) is 16.1. The van der Waals surface area contributed by atoms with Crippen molar-refractivity contribution in [1.29, 1.82) is 0 Å². The molecule has 1 aromatic rings. The van der Waals surface area contributed by atoms with Gasteiger partial charge in [0.25, 0.3) is 0 Å². The Morgan fingerprint density at radius 1 is 1.45 bits per heavy atom. The van der Waals surface area contributed by atoms with Crippen LogP contribution in [-0.2, 0) is 9.53 Å². The number of hydrogen-bond donors (Lipinski definition) is 1. The third-order valence-corrected chi connectivity index (χ3v) is 4.43. The van der Waals surface area contributed by atoms with E-state index >= 15 is 0 Å². The molecule has 0 radical (unpaired) electrons. The van der Waals surface area contributed by atoms with E-state index < -0.39 is 0 Å². The van der Waals surface area contributed by atoms with E-state index in [0.717, 1.165) is 6.42 Å². The van der Waals surface area contributed by atoms with Gasteiger partial charge in [0.2, 0.25) is 5.91 Å². The maximum Gasteiger partial charge on any atom is 0.225 e. The number of ether oxygens (including phenoxy) is 2. The van der Waals surface area contributed by atoms with E-state index in [1.165, 1.54) is 0 Å². The van der Waals surface area contributed by atoms with Crippen LogP contribution < -0.4 is 10.5 Å². The van der Waals surface area contributed by atoms with Gasteiger partial charge >= 0.3 is 0 Å². The second-order valence-electron chi connectivity index (χ2n) is 5.24. The zero-order valence-electron chi connectivity index (χ0n) is 12.4. The third kappa shape index (κ3) is 4.49. The number of carbonyl (C=O) groups is 1.